The van der Waals surface area contributed by atoms with Crippen molar-refractivity contribution in [2.24, 2.45) is 5.92 Å². The van der Waals surface area contributed by atoms with Gasteiger partial charge in [-0.1, -0.05) is 6.92 Å². The largest absolute Gasteiger partial charge is 0.481 e. The van der Waals surface area contributed by atoms with Crippen LogP contribution in [0.25, 0.3) is 0 Å². The Morgan fingerprint density at radius 1 is 1.44 bits per heavy atom. The molecule has 0 saturated heterocycles. The highest BCUT2D eigenvalue weighted by Gasteiger charge is 2.41. The van der Waals surface area contributed by atoms with Crippen LogP contribution >= 0.6 is 11.8 Å². The lowest BCUT2D eigenvalue weighted by Crippen LogP contribution is -2.42. The summed E-state index contributed by atoms with van der Waals surface area (Å²) in [6.45, 7) is 2.38. The van der Waals surface area contributed by atoms with Crippen LogP contribution < -0.4 is 10.6 Å². The molecule has 1 atom stereocenters. The summed E-state index contributed by atoms with van der Waals surface area (Å²) >= 11 is 1.77. The number of thioether (sulfide) groups is 1. The Balaban J connectivity index is 2.14. The highest BCUT2D eigenvalue weighted by molar-refractivity contribution is 8.00. The quantitative estimate of drug-likeness (QED) is 0.650. The molecule has 0 radical (unpaired) electrons. The number of hydrogen-bond acceptors (Lipinski definition) is 3. The maximum atomic E-state index is 11.3. The summed E-state index contributed by atoms with van der Waals surface area (Å²) in [5.41, 5.74) is 0. The highest BCUT2D eigenvalue weighted by Crippen LogP contribution is 2.46. The Morgan fingerprint density at radius 3 is 2.50 bits per heavy atom. The zero-order valence-electron chi connectivity index (χ0n) is 9.58. The molecule has 1 aliphatic rings. The van der Waals surface area contributed by atoms with Gasteiger partial charge in [0.25, 0.3) is 0 Å². The maximum absolute atomic E-state index is 11.3. The molecular formula is C10H18N2O3S. The lowest BCUT2D eigenvalue weighted by molar-refractivity contribution is -0.140. The van der Waals surface area contributed by atoms with E-state index in [1.54, 1.807) is 18.7 Å². The molecule has 16 heavy (non-hydrogen) atoms. The van der Waals surface area contributed by atoms with Crippen LogP contribution in [0, 0.1) is 5.92 Å². The standard InChI is InChI=1S/C10H18N2O3S/c1-7(8(13)14)5-11-9(15)12-6-10(16-2)3-4-10/h7H,3-6H2,1-2H3,(H,13,14)(H2,11,12,15). The third kappa shape index (κ3) is 3.92. The number of carbonyl (C=O) groups is 2. The molecule has 0 aromatic rings. The Kier molecular flexibility index (Phi) is 4.46. The van der Waals surface area contributed by atoms with Gasteiger partial charge in [-0.2, -0.15) is 11.8 Å². The smallest absolute Gasteiger partial charge is 0.314 e. The normalized spacial score (nSPS) is 18.6. The van der Waals surface area contributed by atoms with E-state index < -0.39 is 11.9 Å². The third-order valence-corrected chi connectivity index (χ3v) is 4.22. The maximum Gasteiger partial charge on any atom is 0.314 e. The number of carboxylic acid groups (broad SMARTS) is 1. The molecule has 3 N–H and O–H groups in total. The molecule has 6 heteroatoms. The minimum absolute atomic E-state index is 0.160. The Labute approximate surface area is 99.4 Å². The Bertz CT molecular complexity index is 279. The molecular weight excluding hydrogens is 228 g/mol. The SMILES string of the molecule is CSC1(CNC(=O)NCC(C)C(=O)O)CC1. The molecule has 0 aliphatic heterocycles. The second-order valence-corrected chi connectivity index (χ2v) is 5.46. The fourth-order valence-corrected chi connectivity index (χ4v) is 1.96. The summed E-state index contributed by atoms with van der Waals surface area (Å²) in [7, 11) is 0. The predicted molar refractivity (Wildman–Crippen MR) is 63.7 cm³/mol. The van der Waals surface area contributed by atoms with Crippen molar-refractivity contribution in [1.82, 2.24) is 10.6 Å². The molecule has 0 bridgehead atoms. The van der Waals surface area contributed by atoms with Gasteiger partial charge in [-0.3, -0.25) is 4.79 Å². The van der Waals surface area contributed by atoms with Crippen LogP contribution in [-0.2, 0) is 4.79 Å². The molecule has 0 heterocycles. The minimum Gasteiger partial charge on any atom is -0.481 e. The highest BCUT2D eigenvalue weighted by atomic mass is 32.2. The molecule has 0 aromatic carbocycles. The number of hydrogen-bond donors (Lipinski definition) is 3. The fraction of sp³-hybridized carbons (Fsp3) is 0.800. The first-order chi connectivity index (χ1) is 7.49. The van der Waals surface area contributed by atoms with Gasteiger partial charge in [-0.05, 0) is 19.1 Å². The number of nitrogens with one attached hydrogen (secondary N) is 2. The summed E-state index contributed by atoms with van der Waals surface area (Å²) in [5, 5.41) is 13.9. The molecule has 2 amide bonds. The van der Waals surface area contributed by atoms with Crippen molar-refractivity contribution in [3.05, 3.63) is 0 Å². The van der Waals surface area contributed by atoms with Gasteiger partial charge in [0, 0.05) is 17.8 Å². The number of carboxylic acids is 1. The van der Waals surface area contributed by atoms with E-state index in [0.29, 0.717) is 6.54 Å². The van der Waals surface area contributed by atoms with Gasteiger partial charge in [-0.15, -0.1) is 0 Å². The van der Waals surface area contributed by atoms with E-state index in [2.05, 4.69) is 10.6 Å². The summed E-state index contributed by atoms with van der Waals surface area (Å²) in [6, 6.07) is -0.284. The van der Waals surface area contributed by atoms with Crippen LogP contribution in [0.3, 0.4) is 0 Å². The van der Waals surface area contributed by atoms with Crippen LogP contribution in [-0.4, -0.2) is 41.2 Å². The van der Waals surface area contributed by atoms with Gasteiger partial charge < -0.3 is 15.7 Å². The molecule has 0 spiro atoms. The molecule has 1 saturated carbocycles. The summed E-state index contributed by atoms with van der Waals surface area (Å²) in [5.74, 6) is -1.45. The van der Waals surface area contributed by atoms with E-state index in [1.165, 1.54) is 0 Å². The van der Waals surface area contributed by atoms with E-state index in [4.69, 9.17) is 5.11 Å². The summed E-state index contributed by atoms with van der Waals surface area (Å²) in [6.07, 6.45) is 4.32. The van der Waals surface area contributed by atoms with Gasteiger partial charge in [0.05, 0.1) is 5.92 Å². The summed E-state index contributed by atoms with van der Waals surface area (Å²) in [4.78, 5) is 21.8. The van der Waals surface area contributed by atoms with Gasteiger partial charge in [0.2, 0.25) is 0 Å². The third-order valence-electron chi connectivity index (χ3n) is 2.80. The molecule has 1 rings (SSSR count). The average molecular weight is 246 g/mol. The molecule has 1 aliphatic carbocycles. The fourth-order valence-electron chi connectivity index (χ4n) is 1.23. The lowest BCUT2D eigenvalue weighted by Gasteiger charge is -2.14. The number of rotatable bonds is 6. The van der Waals surface area contributed by atoms with Crippen LogP contribution in [0.2, 0.25) is 0 Å². The number of amides is 2. The second kappa shape index (κ2) is 5.43. The van der Waals surface area contributed by atoms with E-state index in [0.717, 1.165) is 12.8 Å². The van der Waals surface area contributed by atoms with Crippen molar-refractivity contribution in [3.8, 4) is 0 Å². The average Bonchev–Trinajstić information content (AvgIpc) is 3.03. The zero-order valence-corrected chi connectivity index (χ0v) is 10.4. The van der Waals surface area contributed by atoms with Crippen molar-refractivity contribution in [3.63, 3.8) is 0 Å². The molecule has 1 unspecified atom stereocenters. The lowest BCUT2D eigenvalue weighted by atomic mass is 10.2. The van der Waals surface area contributed by atoms with Crippen LogP contribution in [0.5, 0.6) is 0 Å². The van der Waals surface area contributed by atoms with Crippen LogP contribution in [0.4, 0.5) is 4.79 Å². The Hall–Kier alpha value is -0.910. The molecule has 1 fully saturated rings. The monoisotopic (exact) mass is 246 g/mol. The molecule has 5 nitrogen and oxygen atoms in total. The van der Waals surface area contributed by atoms with Crippen LogP contribution in [0.15, 0.2) is 0 Å². The van der Waals surface area contributed by atoms with E-state index in [1.807, 2.05) is 6.26 Å². The predicted octanol–water partition coefficient (Wildman–Crippen LogP) is 0.902. The van der Waals surface area contributed by atoms with Crippen LogP contribution in [0.1, 0.15) is 19.8 Å². The van der Waals surface area contributed by atoms with Gasteiger partial charge in [0.1, 0.15) is 0 Å². The number of aliphatic carboxylic acids is 1. The minimum atomic E-state index is -0.900. The van der Waals surface area contributed by atoms with E-state index in [9.17, 15) is 9.59 Å². The second-order valence-electron chi connectivity index (χ2n) is 4.19. The van der Waals surface area contributed by atoms with Gasteiger partial charge >= 0.3 is 12.0 Å². The van der Waals surface area contributed by atoms with Crippen molar-refractivity contribution in [2.75, 3.05) is 19.3 Å². The van der Waals surface area contributed by atoms with Gasteiger partial charge in [0.15, 0.2) is 0 Å². The first-order valence-electron chi connectivity index (χ1n) is 5.29. The zero-order chi connectivity index (χ0) is 12.2. The van der Waals surface area contributed by atoms with Crippen molar-refractivity contribution < 1.29 is 14.7 Å². The Morgan fingerprint density at radius 2 is 2.06 bits per heavy atom. The van der Waals surface area contributed by atoms with Gasteiger partial charge in [-0.25, -0.2) is 4.79 Å². The molecule has 0 aromatic heterocycles. The van der Waals surface area contributed by atoms with Crippen molar-refractivity contribution in [1.29, 1.82) is 0 Å². The first-order valence-corrected chi connectivity index (χ1v) is 6.51. The van der Waals surface area contributed by atoms with Crippen molar-refractivity contribution >= 4 is 23.8 Å². The number of carbonyl (C=O) groups excluding carboxylic acids is 1. The summed E-state index contributed by atoms with van der Waals surface area (Å²) < 4.78 is 0.232. The molecule has 92 valence electrons. The number of urea groups is 1. The van der Waals surface area contributed by atoms with E-state index in [-0.39, 0.29) is 17.3 Å². The first kappa shape index (κ1) is 13.2. The van der Waals surface area contributed by atoms with E-state index >= 15 is 0 Å². The topological polar surface area (TPSA) is 78.4 Å². The van der Waals surface area contributed by atoms with Crippen molar-refractivity contribution in [2.45, 2.75) is 24.5 Å².